The molecule has 0 atom stereocenters. The van der Waals surface area contributed by atoms with Crippen LogP contribution in [0.3, 0.4) is 0 Å². The molecule has 0 saturated carbocycles. The van der Waals surface area contributed by atoms with Gasteiger partial charge in [0.15, 0.2) is 23.0 Å². The third-order valence-electron chi connectivity index (χ3n) is 1.35. The highest BCUT2D eigenvalue weighted by Gasteiger charge is 2.09. The van der Waals surface area contributed by atoms with Crippen LogP contribution in [0.15, 0.2) is 23.8 Å². The SMILES string of the molecule is O=C(OI)C1=CC=CCC1. The molecule has 1 rings (SSSR count). The molecule has 1 aliphatic rings. The van der Waals surface area contributed by atoms with Crippen molar-refractivity contribution >= 4 is 29.0 Å². The molecule has 0 aliphatic heterocycles. The predicted molar refractivity (Wildman–Crippen MR) is 46.6 cm³/mol. The molecule has 0 aromatic heterocycles. The first kappa shape index (κ1) is 7.78. The molecule has 54 valence electrons. The maximum absolute atomic E-state index is 10.8. The van der Waals surface area contributed by atoms with Gasteiger partial charge in [-0.1, -0.05) is 18.2 Å². The van der Waals surface area contributed by atoms with Crippen molar-refractivity contribution in [1.29, 1.82) is 0 Å². The fraction of sp³-hybridized carbons (Fsp3) is 0.286. The van der Waals surface area contributed by atoms with Crippen LogP contribution in [0, 0.1) is 0 Å². The van der Waals surface area contributed by atoms with E-state index in [1.54, 1.807) is 29.1 Å². The third kappa shape index (κ3) is 1.83. The second-order valence-corrected chi connectivity index (χ2v) is 2.46. The number of rotatable bonds is 1. The van der Waals surface area contributed by atoms with Crippen molar-refractivity contribution in [2.75, 3.05) is 0 Å². The Morgan fingerprint density at radius 2 is 2.50 bits per heavy atom. The van der Waals surface area contributed by atoms with Gasteiger partial charge in [-0.25, -0.2) is 4.79 Å². The van der Waals surface area contributed by atoms with Crippen molar-refractivity contribution in [3.05, 3.63) is 23.8 Å². The Hall–Kier alpha value is -0.320. The summed E-state index contributed by atoms with van der Waals surface area (Å²) >= 11 is 1.60. The fourth-order valence-corrected chi connectivity index (χ4v) is 1.11. The summed E-state index contributed by atoms with van der Waals surface area (Å²) in [7, 11) is 0. The lowest BCUT2D eigenvalue weighted by molar-refractivity contribution is -0.127. The lowest BCUT2D eigenvalue weighted by Gasteiger charge is -2.03. The van der Waals surface area contributed by atoms with Gasteiger partial charge >= 0.3 is 5.97 Å². The second kappa shape index (κ2) is 3.75. The van der Waals surface area contributed by atoms with E-state index in [9.17, 15) is 4.79 Å². The van der Waals surface area contributed by atoms with E-state index in [1.165, 1.54) is 0 Å². The van der Waals surface area contributed by atoms with Crippen LogP contribution in [0.5, 0.6) is 0 Å². The molecule has 1 aliphatic carbocycles. The molecule has 0 bridgehead atoms. The smallest absolute Gasteiger partial charge is 0.343 e. The first-order valence-electron chi connectivity index (χ1n) is 3.03. The van der Waals surface area contributed by atoms with E-state index in [0.717, 1.165) is 18.4 Å². The molecule has 0 N–H and O–H groups in total. The number of hydrogen-bond acceptors (Lipinski definition) is 2. The minimum Gasteiger partial charge on any atom is -0.391 e. The second-order valence-electron chi connectivity index (χ2n) is 2.02. The molecule has 3 heteroatoms. The molecule has 0 saturated heterocycles. The topological polar surface area (TPSA) is 26.3 Å². The molecule has 10 heavy (non-hydrogen) atoms. The number of carbonyl (C=O) groups excluding carboxylic acids is 1. The first-order chi connectivity index (χ1) is 4.84. The predicted octanol–water partition coefficient (Wildman–Crippen LogP) is 2.16. The summed E-state index contributed by atoms with van der Waals surface area (Å²) in [5.74, 6) is -0.218. The number of carbonyl (C=O) groups is 1. The summed E-state index contributed by atoms with van der Waals surface area (Å²) in [5.41, 5.74) is 0.761. The van der Waals surface area contributed by atoms with Crippen LogP contribution in [-0.2, 0) is 7.86 Å². The minimum atomic E-state index is -0.218. The standard InChI is InChI=1S/C7H7IO2/c8-10-7(9)6-4-2-1-3-5-6/h1-2,4H,3,5H2. The quantitative estimate of drug-likeness (QED) is 0.666. The number of allylic oxidation sites excluding steroid dienone is 3. The summed E-state index contributed by atoms with van der Waals surface area (Å²) in [6.45, 7) is 0. The molecule has 0 unspecified atom stereocenters. The zero-order valence-electron chi connectivity index (χ0n) is 5.34. The molecule has 0 spiro atoms. The molecule has 2 nitrogen and oxygen atoms in total. The maximum Gasteiger partial charge on any atom is 0.343 e. The summed E-state index contributed by atoms with van der Waals surface area (Å²) in [6.07, 6.45) is 7.46. The summed E-state index contributed by atoms with van der Waals surface area (Å²) in [5, 5.41) is 0. The maximum atomic E-state index is 10.8. The number of hydrogen-bond donors (Lipinski definition) is 0. The van der Waals surface area contributed by atoms with E-state index in [1.807, 2.05) is 12.2 Å². The monoisotopic (exact) mass is 250 g/mol. The molecule has 0 radical (unpaired) electrons. The highest BCUT2D eigenvalue weighted by molar-refractivity contribution is 14.1. The van der Waals surface area contributed by atoms with E-state index in [0.29, 0.717) is 0 Å². The van der Waals surface area contributed by atoms with Crippen LogP contribution in [0.25, 0.3) is 0 Å². The van der Waals surface area contributed by atoms with Gasteiger partial charge in [0.25, 0.3) is 0 Å². The van der Waals surface area contributed by atoms with Crippen molar-refractivity contribution in [3.8, 4) is 0 Å². The fourth-order valence-electron chi connectivity index (χ4n) is 0.822. The minimum absolute atomic E-state index is 0.218. The normalized spacial score (nSPS) is 16.3. The zero-order valence-corrected chi connectivity index (χ0v) is 7.50. The molecule has 0 fully saturated rings. The van der Waals surface area contributed by atoms with Crippen molar-refractivity contribution in [2.24, 2.45) is 0 Å². The van der Waals surface area contributed by atoms with E-state index in [4.69, 9.17) is 0 Å². The van der Waals surface area contributed by atoms with Crippen molar-refractivity contribution in [1.82, 2.24) is 0 Å². The van der Waals surface area contributed by atoms with E-state index in [-0.39, 0.29) is 5.97 Å². The van der Waals surface area contributed by atoms with Crippen LogP contribution in [0.4, 0.5) is 0 Å². The lowest BCUT2D eigenvalue weighted by Crippen LogP contribution is -2.02. The van der Waals surface area contributed by atoms with Crippen LogP contribution < -0.4 is 0 Å². The van der Waals surface area contributed by atoms with Crippen LogP contribution in [-0.4, -0.2) is 5.97 Å². The van der Waals surface area contributed by atoms with Crippen molar-refractivity contribution in [2.45, 2.75) is 12.8 Å². The van der Waals surface area contributed by atoms with Crippen LogP contribution >= 0.6 is 23.0 Å². The van der Waals surface area contributed by atoms with Gasteiger partial charge in [-0.05, 0) is 12.8 Å². The van der Waals surface area contributed by atoms with Gasteiger partial charge in [0.05, 0.1) is 0 Å². The molecule has 0 heterocycles. The van der Waals surface area contributed by atoms with E-state index >= 15 is 0 Å². The summed E-state index contributed by atoms with van der Waals surface area (Å²) in [4.78, 5) is 10.8. The van der Waals surface area contributed by atoms with E-state index in [2.05, 4.69) is 3.07 Å². The number of halogens is 1. The first-order valence-corrected chi connectivity index (χ1v) is 3.91. The van der Waals surface area contributed by atoms with Crippen molar-refractivity contribution < 1.29 is 7.86 Å². The van der Waals surface area contributed by atoms with E-state index < -0.39 is 0 Å². The Bertz CT molecular complexity index is 194. The zero-order chi connectivity index (χ0) is 7.40. The highest BCUT2D eigenvalue weighted by Crippen LogP contribution is 2.13. The highest BCUT2D eigenvalue weighted by atomic mass is 127. The molecular formula is C7H7IO2. The molecule has 0 aromatic carbocycles. The van der Waals surface area contributed by atoms with Gasteiger partial charge in [-0.2, -0.15) is 0 Å². The third-order valence-corrected chi connectivity index (χ3v) is 1.75. The van der Waals surface area contributed by atoms with Crippen LogP contribution in [0.2, 0.25) is 0 Å². The Morgan fingerprint density at radius 1 is 1.70 bits per heavy atom. The summed E-state index contributed by atoms with van der Waals surface area (Å²) < 4.78 is 4.52. The van der Waals surface area contributed by atoms with Crippen molar-refractivity contribution in [3.63, 3.8) is 0 Å². The van der Waals surface area contributed by atoms with Gasteiger partial charge in [0, 0.05) is 5.57 Å². The largest absolute Gasteiger partial charge is 0.391 e. The Kier molecular flexibility index (Phi) is 2.92. The summed E-state index contributed by atoms with van der Waals surface area (Å²) in [6, 6.07) is 0. The molecule has 0 aromatic rings. The molecule has 0 amide bonds. The van der Waals surface area contributed by atoms with Gasteiger partial charge < -0.3 is 3.07 Å². The van der Waals surface area contributed by atoms with Gasteiger partial charge in [0.2, 0.25) is 0 Å². The lowest BCUT2D eigenvalue weighted by atomic mass is 10.1. The van der Waals surface area contributed by atoms with Gasteiger partial charge in [-0.3, -0.25) is 0 Å². The van der Waals surface area contributed by atoms with Crippen LogP contribution in [0.1, 0.15) is 12.8 Å². The average molecular weight is 250 g/mol. The van der Waals surface area contributed by atoms with Gasteiger partial charge in [0.1, 0.15) is 0 Å². The Morgan fingerprint density at radius 3 is 3.00 bits per heavy atom. The average Bonchev–Trinajstić information content (AvgIpc) is 2.05. The molecular weight excluding hydrogens is 243 g/mol. The van der Waals surface area contributed by atoms with Gasteiger partial charge in [-0.15, -0.1) is 0 Å². The Labute approximate surface area is 73.6 Å². The Balaban J connectivity index is 2.62.